The Morgan fingerprint density at radius 2 is 1.82 bits per heavy atom. The van der Waals surface area contributed by atoms with Gasteiger partial charge in [0.2, 0.25) is 5.91 Å². The zero-order valence-electron chi connectivity index (χ0n) is 21.9. The molecule has 0 spiro atoms. The van der Waals surface area contributed by atoms with Crippen molar-refractivity contribution in [3.05, 3.63) is 11.4 Å². The van der Waals surface area contributed by atoms with Gasteiger partial charge in [-0.1, -0.05) is 5.21 Å². The topological polar surface area (TPSA) is 107 Å². The molecule has 9 nitrogen and oxygen atoms in total. The number of amides is 2. The lowest BCUT2D eigenvalue weighted by Crippen LogP contribution is -2.49. The summed E-state index contributed by atoms with van der Waals surface area (Å²) in [6, 6.07) is 0.322. The molecule has 0 aliphatic heterocycles. The highest BCUT2D eigenvalue weighted by Gasteiger charge is 2.50. The van der Waals surface area contributed by atoms with Crippen LogP contribution in [-0.4, -0.2) is 58.4 Å². The van der Waals surface area contributed by atoms with Gasteiger partial charge in [0.05, 0.1) is 35.7 Å². The molecule has 0 bridgehead atoms. The minimum Gasteiger partial charge on any atom is -0.449 e. The first-order valence-electron chi connectivity index (χ1n) is 12.6. The number of rotatable bonds is 10. The van der Waals surface area contributed by atoms with Gasteiger partial charge in [0.15, 0.2) is 0 Å². The molecule has 2 aliphatic rings. The summed E-state index contributed by atoms with van der Waals surface area (Å²) in [7, 11) is 1.63. The Bertz CT molecular complexity index is 863. The van der Waals surface area contributed by atoms with Crippen LogP contribution in [0.4, 0.5) is 4.79 Å². The molecule has 2 N–H and O–H groups in total. The molecule has 0 aromatic carbocycles. The molecule has 0 radical (unpaired) electrons. The van der Waals surface area contributed by atoms with Gasteiger partial charge in [0.1, 0.15) is 0 Å². The zero-order chi connectivity index (χ0) is 25.1. The van der Waals surface area contributed by atoms with Crippen molar-refractivity contribution in [3.63, 3.8) is 0 Å². The van der Waals surface area contributed by atoms with Crippen LogP contribution >= 0.6 is 0 Å². The van der Waals surface area contributed by atoms with E-state index < -0.39 is 17.2 Å². The van der Waals surface area contributed by atoms with Crippen LogP contribution in [0.1, 0.15) is 84.7 Å². The molecule has 1 aromatic heterocycles. The van der Waals surface area contributed by atoms with Crippen molar-refractivity contribution in [1.82, 2.24) is 25.6 Å². The number of carbonyl (C=O) groups is 2. The highest BCUT2D eigenvalue weighted by atomic mass is 16.6. The summed E-state index contributed by atoms with van der Waals surface area (Å²) >= 11 is 0. The second-order valence-corrected chi connectivity index (χ2v) is 11.4. The van der Waals surface area contributed by atoms with Crippen LogP contribution in [-0.2, 0) is 27.1 Å². The van der Waals surface area contributed by atoms with Gasteiger partial charge >= 0.3 is 6.09 Å². The number of nitrogens with zero attached hydrogens (tertiary/aromatic N) is 3. The number of aromatic nitrogens is 3. The molecule has 0 saturated heterocycles. The van der Waals surface area contributed by atoms with Crippen LogP contribution in [0, 0.1) is 17.8 Å². The Labute approximate surface area is 203 Å². The third-order valence-corrected chi connectivity index (χ3v) is 7.20. The predicted octanol–water partition coefficient (Wildman–Crippen LogP) is 3.43. The van der Waals surface area contributed by atoms with E-state index in [9.17, 15) is 9.59 Å². The van der Waals surface area contributed by atoms with E-state index >= 15 is 0 Å². The van der Waals surface area contributed by atoms with Crippen molar-refractivity contribution in [3.8, 4) is 0 Å². The summed E-state index contributed by atoms with van der Waals surface area (Å²) in [6.07, 6.45) is 4.71. The first-order chi connectivity index (χ1) is 15.9. The summed E-state index contributed by atoms with van der Waals surface area (Å²) in [4.78, 5) is 24.0. The van der Waals surface area contributed by atoms with Crippen LogP contribution in [0.3, 0.4) is 0 Å². The van der Waals surface area contributed by atoms with E-state index in [1.807, 2.05) is 27.7 Å². The van der Waals surface area contributed by atoms with Crippen molar-refractivity contribution in [2.24, 2.45) is 17.8 Å². The van der Waals surface area contributed by atoms with E-state index in [1.165, 1.54) is 5.69 Å². The van der Waals surface area contributed by atoms with Crippen LogP contribution in [0.25, 0.3) is 0 Å². The molecule has 192 valence electrons. The fourth-order valence-electron chi connectivity index (χ4n) is 4.96. The van der Waals surface area contributed by atoms with Crippen LogP contribution in [0.2, 0.25) is 0 Å². The average molecular weight is 478 g/mol. The van der Waals surface area contributed by atoms with Gasteiger partial charge in [-0.15, -0.1) is 5.10 Å². The molecule has 1 heterocycles. The Kier molecular flexibility index (Phi) is 8.26. The molecule has 1 fully saturated rings. The van der Waals surface area contributed by atoms with Gasteiger partial charge in [0, 0.05) is 19.5 Å². The fraction of sp³-hybridized carbons (Fsp3) is 0.840. The minimum atomic E-state index is -0.581. The van der Waals surface area contributed by atoms with E-state index in [-0.39, 0.29) is 5.91 Å². The third kappa shape index (κ3) is 6.93. The molecular formula is C25H43N5O4. The quantitative estimate of drug-likeness (QED) is 0.535. The lowest BCUT2D eigenvalue weighted by Gasteiger charge is -2.32. The number of hydrogen-bond acceptors (Lipinski definition) is 6. The highest BCUT2D eigenvalue weighted by molar-refractivity contribution is 5.75. The predicted molar refractivity (Wildman–Crippen MR) is 129 cm³/mol. The summed E-state index contributed by atoms with van der Waals surface area (Å²) in [5.41, 5.74) is 1.37. The first-order valence-corrected chi connectivity index (χ1v) is 12.6. The molecule has 1 saturated carbocycles. The second kappa shape index (κ2) is 10.6. The van der Waals surface area contributed by atoms with Gasteiger partial charge in [-0.25, -0.2) is 9.48 Å². The first kappa shape index (κ1) is 26.4. The summed E-state index contributed by atoms with van der Waals surface area (Å²) in [6.45, 7) is 12.8. The molecule has 3 atom stereocenters. The maximum Gasteiger partial charge on any atom is 0.407 e. The molecule has 2 amide bonds. The average Bonchev–Trinajstić information content (AvgIpc) is 3.24. The third-order valence-electron chi connectivity index (χ3n) is 7.20. The van der Waals surface area contributed by atoms with E-state index in [0.717, 1.165) is 31.4 Å². The summed E-state index contributed by atoms with van der Waals surface area (Å²) in [5.74, 6) is 1.63. The van der Waals surface area contributed by atoms with Gasteiger partial charge in [-0.2, -0.15) is 0 Å². The van der Waals surface area contributed by atoms with Crippen LogP contribution < -0.4 is 10.6 Å². The number of aryl methyl sites for hydroxylation is 1. The number of nitrogens with one attached hydrogen (secondary N) is 2. The molecule has 1 aromatic rings. The van der Waals surface area contributed by atoms with Crippen LogP contribution in [0.5, 0.6) is 0 Å². The molecule has 9 heteroatoms. The van der Waals surface area contributed by atoms with Gasteiger partial charge in [-0.05, 0) is 91.4 Å². The minimum absolute atomic E-state index is 0.00766. The van der Waals surface area contributed by atoms with Crippen molar-refractivity contribution in [2.45, 2.75) is 97.2 Å². The monoisotopic (exact) mass is 477 g/mol. The van der Waals surface area contributed by atoms with E-state index in [2.05, 4.69) is 39.5 Å². The van der Waals surface area contributed by atoms with Gasteiger partial charge in [0.25, 0.3) is 0 Å². The standard InChI is InChI=1S/C25H43N5O4/c1-16(2)30-21-11-9-18-17(8-10-20(21)28-29-30)19(18)14-33-23(32)27-24(3,4)15-34-25(5,6)13-12-22(31)26-7/h16-19H,8-15H2,1-7H3,(H,26,31)(H,27,32). The Morgan fingerprint density at radius 1 is 1.15 bits per heavy atom. The smallest absolute Gasteiger partial charge is 0.407 e. The number of alkyl carbamates (subject to hydrolysis) is 1. The Hall–Kier alpha value is -2.16. The Morgan fingerprint density at radius 3 is 2.47 bits per heavy atom. The van der Waals surface area contributed by atoms with Gasteiger partial charge < -0.3 is 20.1 Å². The molecule has 3 unspecified atom stereocenters. The van der Waals surface area contributed by atoms with Crippen molar-refractivity contribution >= 4 is 12.0 Å². The molecule has 3 rings (SSSR count). The normalized spacial score (nSPS) is 22.3. The lowest BCUT2D eigenvalue weighted by molar-refractivity contribution is -0.122. The zero-order valence-corrected chi connectivity index (χ0v) is 21.9. The number of fused-ring (bicyclic) bond motifs is 2. The Balaban J connectivity index is 1.41. The maximum atomic E-state index is 12.5. The SMILES string of the molecule is CNC(=O)CCC(C)(C)OCC(C)(C)NC(=O)OCC1C2CCc3nnn(C(C)C)c3CCC21. The number of ether oxygens (including phenoxy) is 2. The largest absolute Gasteiger partial charge is 0.449 e. The highest BCUT2D eigenvalue weighted by Crippen LogP contribution is 2.53. The summed E-state index contributed by atoms with van der Waals surface area (Å²) in [5, 5.41) is 14.3. The van der Waals surface area contributed by atoms with Gasteiger partial charge in [-0.3, -0.25) is 4.79 Å². The lowest BCUT2D eigenvalue weighted by atomic mass is 10.0. The van der Waals surface area contributed by atoms with Crippen LogP contribution in [0.15, 0.2) is 0 Å². The molecule has 34 heavy (non-hydrogen) atoms. The van der Waals surface area contributed by atoms with Crippen molar-refractivity contribution < 1.29 is 19.1 Å². The van der Waals surface area contributed by atoms with E-state index in [4.69, 9.17) is 9.47 Å². The van der Waals surface area contributed by atoms with Crippen molar-refractivity contribution in [2.75, 3.05) is 20.3 Å². The van der Waals surface area contributed by atoms with Crippen molar-refractivity contribution in [1.29, 1.82) is 0 Å². The summed E-state index contributed by atoms with van der Waals surface area (Å²) < 4.78 is 13.7. The van der Waals surface area contributed by atoms with E-state index in [1.54, 1.807) is 7.05 Å². The molecular weight excluding hydrogens is 434 g/mol. The number of hydrogen-bond donors (Lipinski definition) is 2. The fourth-order valence-corrected chi connectivity index (χ4v) is 4.96. The maximum absolute atomic E-state index is 12.5. The second-order valence-electron chi connectivity index (χ2n) is 11.4. The number of carbonyl (C=O) groups excluding carboxylic acids is 2. The molecule has 2 aliphatic carbocycles. The van der Waals surface area contributed by atoms with E-state index in [0.29, 0.717) is 49.9 Å².